The van der Waals surface area contributed by atoms with Crippen molar-refractivity contribution in [3.63, 3.8) is 0 Å². The van der Waals surface area contributed by atoms with Crippen molar-refractivity contribution < 1.29 is 5.11 Å². The Morgan fingerprint density at radius 1 is 1.35 bits per heavy atom. The molecule has 2 N–H and O–H groups in total. The molecule has 0 aromatic carbocycles. The van der Waals surface area contributed by atoms with E-state index in [-0.39, 0.29) is 12.5 Å². The molecule has 0 aliphatic carbocycles. The smallest absolute Gasteiger partial charge is 0.129 e. The van der Waals surface area contributed by atoms with Crippen LogP contribution in [0.5, 0.6) is 0 Å². The first kappa shape index (κ1) is 14.9. The molecular formula is C15H21N3OS. The standard InChI is InChI=1S/C15H21N3OS/c1-11(2)14-6-15(18-10-17-14)16-7-13(8-19)5-12-3-4-20-9-12/h3-4,6,9-11,13,19H,5,7-8H2,1-2H3,(H,16,17,18). The predicted octanol–water partition coefficient (Wildman–Crippen LogP) is 2.92. The van der Waals surface area contributed by atoms with E-state index in [4.69, 9.17) is 0 Å². The van der Waals surface area contributed by atoms with Gasteiger partial charge in [0.05, 0.1) is 0 Å². The Kier molecular flexibility index (Phi) is 5.49. The van der Waals surface area contributed by atoms with Crippen LogP contribution in [-0.2, 0) is 6.42 Å². The van der Waals surface area contributed by atoms with Crippen molar-refractivity contribution in [3.8, 4) is 0 Å². The van der Waals surface area contributed by atoms with Crippen molar-refractivity contribution in [2.75, 3.05) is 18.5 Å². The van der Waals surface area contributed by atoms with Gasteiger partial charge in [0.25, 0.3) is 0 Å². The number of hydrogen-bond acceptors (Lipinski definition) is 5. The van der Waals surface area contributed by atoms with Crippen LogP contribution in [0.25, 0.3) is 0 Å². The third-order valence-corrected chi connectivity index (χ3v) is 3.95. The number of aromatic nitrogens is 2. The van der Waals surface area contributed by atoms with Gasteiger partial charge >= 0.3 is 0 Å². The molecule has 2 heterocycles. The molecule has 0 fully saturated rings. The lowest BCUT2D eigenvalue weighted by molar-refractivity contribution is 0.232. The lowest BCUT2D eigenvalue weighted by Crippen LogP contribution is -2.20. The van der Waals surface area contributed by atoms with E-state index >= 15 is 0 Å². The molecule has 0 saturated carbocycles. The molecule has 108 valence electrons. The van der Waals surface area contributed by atoms with Gasteiger partial charge in [0.2, 0.25) is 0 Å². The summed E-state index contributed by atoms with van der Waals surface area (Å²) in [5.74, 6) is 1.41. The first-order valence-electron chi connectivity index (χ1n) is 6.86. The highest BCUT2D eigenvalue weighted by Gasteiger charge is 2.10. The Bertz CT molecular complexity index is 514. The molecule has 0 radical (unpaired) electrons. The zero-order valence-corrected chi connectivity index (χ0v) is 12.7. The Balaban J connectivity index is 1.91. The van der Waals surface area contributed by atoms with E-state index in [1.807, 2.05) is 6.07 Å². The maximum atomic E-state index is 9.48. The molecule has 2 aromatic rings. The zero-order valence-electron chi connectivity index (χ0n) is 11.9. The Morgan fingerprint density at radius 2 is 2.20 bits per heavy atom. The van der Waals surface area contributed by atoms with Gasteiger partial charge in [0.15, 0.2) is 0 Å². The molecule has 0 aliphatic rings. The maximum Gasteiger partial charge on any atom is 0.129 e. The summed E-state index contributed by atoms with van der Waals surface area (Å²) in [5, 5.41) is 17.0. The van der Waals surface area contributed by atoms with Crippen LogP contribution in [0.3, 0.4) is 0 Å². The molecule has 20 heavy (non-hydrogen) atoms. The van der Waals surface area contributed by atoms with Crippen LogP contribution < -0.4 is 5.32 Å². The highest BCUT2D eigenvalue weighted by Crippen LogP contribution is 2.15. The van der Waals surface area contributed by atoms with Crippen LogP contribution in [0.2, 0.25) is 0 Å². The van der Waals surface area contributed by atoms with Crippen molar-refractivity contribution in [1.82, 2.24) is 9.97 Å². The molecule has 0 saturated heterocycles. The fraction of sp³-hybridized carbons (Fsp3) is 0.467. The molecule has 0 bridgehead atoms. The second kappa shape index (κ2) is 7.36. The lowest BCUT2D eigenvalue weighted by Gasteiger charge is -2.15. The van der Waals surface area contributed by atoms with Gasteiger partial charge in [-0.25, -0.2) is 9.97 Å². The summed E-state index contributed by atoms with van der Waals surface area (Å²) in [6.07, 6.45) is 2.47. The van der Waals surface area contributed by atoms with Crippen LogP contribution in [-0.4, -0.2) is 28.2 Å². The average Bonchev–Trinajstić information content (AvgIpc) is 2.96. The SMILES string of the molecule is CC(C)c1cc(NCC(CO)Cc2ccsc2)ncn1. The number of hydrogen-bond donors (Lipinski definition) is 2. The summed E-state index contributed by atoms with van der Waals surface area (Å²) in [7, 11) is 0. The molecule has 0 spiro atoms. The molecule has 0 aliphatic heterocycles. The topological polar surface area (TPSA) is 58.0 Å². The van der Waals surface area contributed by atoms with Crippen LogP contribution in [0.15, 0.2) is 29.2 Å². The first-order valence-corrected chi connectivity index (χ1v) is 7.81. The van der Waals surface area contributed by atoms with E-state index in [2.05, 4.69) is 46.0 Å². The van der Waals surface area contributed by atoms with Crippen molar-refractivity contribution in [2.24, 2.45) is 5.92 Å². The highest BCUT2D eigenvalue weighted by atomic mass is 32.1. The third kappa shape index (κ3) is 4.28. The van der Waals surface area contributed by atoms with Gasteiger partial charge in [-0.3, -0.25) is 0 Å². The van der Waals surface area contributed by atoms with Crippen LogP contribution in [0.1, 0.15) is 31.0 Å². The van der Waals surface area contributed by atoms with E-state index in [0.717, 1.165) is 17.9 Å². The fourth-order valence-corrected chi connectivity index (χ4v) is 2.66. The number of aliphatic hydroxyl groups excluding tert-OH is 1. The van der Waals surface area contributed by atoms with Gasteiger partial charge in [-0.1, -0.05) is 13.8 Å². The van der Waals surface area contributed by atoms with Gasteiger partial charge in [-0.05, 0) is 34.7 Å². The normalized spacial score (nSPS) is 12.6. The molecule has 4 nitrogen and oxygen atoms in total. The fourth-order valence-electron chi connectivity index (χ4n) is 1.98. The van der Waals surface area contributed by atoms with Crippen LogP contribution in [0.4, 0.5) is 5.82 Å². The van der Waals surface area contributed by atoms with Crippen molar-refractivity contribution >= 4 is 17.2 Å². The Hall–Kier alpha value is -1.46. The summed E-state index contributed by atoms with van der Waals surface area (Å²) < 4.78 is 0. The Labute approximate surface area is 123 Å². The number of anilines is 1. The molecule has 2 rings (SSSR count). The second-order valence-corrected chi connectivity index (χ2v) is 6.03. The molecule has 1 atom stereocenters. The van der Waals surface area contributed by atoms with E-state index in [0.29, 0.717) is 12.5 Å². The zero-order chi connectivity index (χ0) is 14.4. The predicted molar refractivity (Wildman–Crippen MR) is 83.2 cm³/mol. The largest absolute Gasteiger partial charge is 0.396 e. The minimum atomic E-state index is 0.172. The third-order valence-electron chi connectivity index (χ3n) is 3.21. The highest BCUT2D eigenvalue weighted by molar-refractivity contribution is 7.07. The van der Waals surface area contributed by atoms with E-state index < -0.39 is 0 Å². The summed E-state index contributed by atoms with van der Waals surface area (Å²) in [6.45, 7) is 5.10. The molecule has 2 aromatic heterocycles. The molecule has 5 heteroatoms. The van der Waals surface area contributed by atoms with Gasteiger partial charge in [0.1, 0.15) is 12.1 Å². The van der Waals surface area contributed by atoms with Gasteiger partial charge < -0.3 is 10.4 Å². The van der Waals surface area contributed by atoms with Crippen molar-refractivity contribution in [1.29, 1.82) is 0 Å². The second-order valence-electron chi connectivity index (χ2n) is 5.25. The minimum absolute atomic E-state index is 0.172. The number of nitrogens with zero attached hydrogens (tertiary/aromatic N) is 2. The molecular weight excluding hydrogens is 270 g/mol. The Morgan fingerprint density at radius 3 is 2.85 bits per heavy atom. The van der Waals surface area contributed by atoms with E-state index in [1.165, 1.54) is 5.56 Å². The van der Waals surface area contributed by atoms with E-state index in [9.17, 15) is 5.11 Å². The monoisotopic (exact) mass is 291 g/mol. The van der Waals surface area contributed by atoms with E-state index in [1.54, 1.807) is 17.7 Å². The quantitative estimate of drug-likeness (QED) is 0.823. The number of nitrogens with one attached hydrogen (secondary N) is 1. The van der Waals surface area contributed by atoms with Gasteiger partial charge in [-0.2, -0.15) is 11.3 Å². The van der Waals surface area contributed by atoms with Crippen LogP contribution in [0, 0.1) is 5.92 Å². The number of thiophene rings is 1. The maximum absolute atomic E-state index is 9.48. The summed E-state index contributed by atoms with van der Waals surface area (Å²) >= 11 is 1.69. The van der Waals surface area contributed by atoms with Crippen LogP contribution >= 0.6 is 11.3 Å². The van der Waals surface area contributed by atoms with Gasteiger partial charge in [0, 0.05) is 30.8 Å². The van der Waals surface area contributed by atoms with Crippen molar-refractivity contribution in [3.05, 3.63) is 40.5 Å². The summed E-state index contributed by atoms with van der Waals surface area (Å²) in [4.78, 5) is 8.47. The average molecular weight is 291 g/mol. The minimum Gasteiger partial charge on any atom is -0.396 e. The van der Waals surface area contributed by atoms with Crippen molar-refractivity contribution in [2.45, 2.75) is 26.2 Å². The lowest BCUT2D eigenvalue weighted by atomic mass is 10.0. The molecule has 0 amide bonds. The summed E-state index contributed by atoms with van der Waals surface area (Å²) in [6, 6.07) is 4.08. The first-order chi connectivity index (χ1) is 9.69. The number of aliphatic hydroxyl groups is 1. The van der Waals surface area contributed by atoms with Gasteiger partial charge in [-0.15, -0.1) is 0 Å². The number of rotatable bonds is 7. The molecule has 1 unspecified atom stereocenters. The summed E-state index contributed by atoms with van der Waals surface area (Å²) in [5.41, 5.74) is 2.31.